The number of carbonyl (C=O) groups is 1. The monoisotopic (exact) mass is 217 g/mol. The normalized spacial score (nSPS) is 12.7. The first kappa shape index (κ1) is 13.8. The predicted molar refractivity (Wildman–Crippen MR) is 64.7 cm³/mol. The van der Waals surface area contributed by atoms with Crippen molar-refractivity contribution in [2.24, 2.45) is 5.41 Å². The highest BCUT2D eigenvalue weighted by Crippen LogP contribution is 2.22. The molecule has 0 fully saturated rings. The van der Waals surface area contributed by atoms with Crippen LogP contribution < -0.4 is 5.32 Å². The summed E-state index contributed by atoms with van der Waals surface area (Å²) in [6.45, 7) is 13.1. The second kappa shape index (κ2) is 5.06. The van der Waals surface area contributed by atoms with Crippen molar-refractivity contribution < 1.29 is 4.79 Å². The fraction of sp³-hybridized carbons (Fsp3) is 0.909. The molecule has 0 aromatic carbocycles. The van der Waals surface area contributed by atoms with Crippen LogP contribution in [0, 0.1) is 5.41 Å². The predicted octanol–water partition coefficient (Wildman–Crippen LogP) is 2.68. The minimum atomic E-state index is -0.271. The summed E-state index contributed by atoms with van der Waals surface area (Å²) >= 11 is 1.87. The molecule has 0 aliphatic rings. The van der Waals surface area contributed by atoms with Crippen LogP contribution in [0.1, 0.15) is 41.5 Å². The van der Waals surface area contributed by atoms with Crippen molar-refractivity contribution in [2.45, 2.75) is 46.3 Å². The molecule has 0 aliphatic heterocycles. The van der Waals surface area contributed by atoms with Gasteiger partial charge in [0.05, 0.1) is 0 Å². The SMILES string of the molecule is CC(C)(C)SCCNC(=O)C(C)(C)C. The van der Waals surface area contributed by atoms with E-state index in [0.29, 0.717) is 0 Å². The summed E-state index contributed by atoms with van der Waals surface area (Å²) in [4.78, 5) is 11.5. The molecule has 0 rings (SSSR count). The van der Waals surface area contributed by atoms with Gasteiger partial charge in [-0.15, -0.1) is 0 Å². The third-order valence-corrected chi connectivity index (χ3v) is 2.88. The van der Waals surface area contributed by atoms with Gasteiger partial charge in [-0.3, -0.25) is 4.79 Å². The van der Waals surface area contributed by atoms with Crippen LogP contribution in [0.2, 0.25) is 0 Å². The minimum absolute atomic E-state index is 0.131. The molecular formula is C11H23NOS. The largest absolute Gasteiger partial charge is 0.355 e. The lowest BCUT2D eigenvalue weighted by molar-refractivity contribution is -0.128. The number of amides is 1. The lowest BCUT2D eigenvalue weighted by atomic mass is 9.96. The number of thioether (sulfide) groups is 1. The van der Waals surface area contributed by atoms with Crippen LogP contribution in [0.5, 0.6) is 0 Å². The highest BCUT2D eigenvalue weighted by molar-refractivity contribution is 8.00. The van der Waals surface area contributed by atoms with Crippen molar-refractivity contribution in [3.63, 3.8) is 0 Å². The van der Waals surface area contributed by atoms with E-state index in [-0.39, 0.29) is 16.1 Å². The fourth-order valence-corrected chi connectivity index (χ4v) is 1.60. The Labute approximate surface area is 92.2 Å². The van der Waals surface area contributed by atoms with Gasteiger partial charge < -0.3 is 5.32 Å². The molecular weight excluding hydrogens is 194 g/mol. The average molecular weight is 217 g/mol. The lowest BCUT2D eigenvalue weighted by Gasteiger charge is -2.20. The third-order valence-electron chi connectivity index (χ3n) is 1.60. The number of hydrogen-bond donors (Lipinski definition) is 1. The molecule has 0 aliphatic carbocycles. The van der Waals surface area contributed by atoms with E-state index in [1.807, 2.05) is 32.5 Å². The summed E-state index contributed by atoms with van der Waals surface area (Å²) in [5.41, 5.74) is -0.271. The molecule has 0 saturated carbocycles. The van der Waals surface area contributed by atoms with Gasteiger partial charge in [-0.05, 0) is 0 Å². The van der Waals surface area contributed by atoms with Crippen LogP contribution in [0.3, 0.4) is 0 Å². The van der Waals surface area contributed by atoms with Gasteiger partial charge in [0.2, 0.25) is 5.91 Å². The van der Waals surface area contributed by atoms with Crippen LogP contribution in [-0.2, 0) is 4.79 Å². The molecule has 14 heavy (non-hydrogen) atoms. The van der Waals surface area contributed by atoms with Crippen LogP contribution in [0.15, 0.2) is 0 Å². The number of carbonyl (C=O) groups excluding carboxylic acids is 1. The van der Waals surface area contributed by atoms with Crippen LogP contribution >= 0.6 is 11.8 Å². The first-order valence-corrected chi connectivity index (χ1v) is 6.04. The highest BCUT2D eigenvalue weighted by Gasteiger charge is 2.20. The van der Waals surface area contributed by atoms with Crippen molar-refractivity contribution in [2.75, 3.05) is 12.3 Å². The van der Waals surface area contributed by atoms with Gasteiger partial charge in [0.15, 0.2) is 0 Å². The Morgan fingerprint density at radius 1 is 1.14 bits per heavy atom. The summed E-state index contributed by atoms with van der Waals surface area (Å²) in [6, 6.07) is 0. The summed E-state index contributed by atoms with van der Waals surface area (Å²) in [6.07, 6.45) is 0. The zero-order valence-corrected chi connectivity index (χ0v) is 11.0. The molecule has 1 amide bonds. The Bertz CT molecular complexity index is 188. The molecule has 0 aromatic heterocycles. The van der Waals surface area contributed by atoms with Gasteiger partial charge in [-0.1, -0.05) is 41.5 Å². The van der Waals surface area contributed by atoms with E-state index in [0.717, 1.165) is 12.3 Å². The zero-order chi connectivity index (χ0) is 11.4. The molecule has 0 unspecified atom stereocenters. The van der Waals surface area contributed by atoms with Crippen molar-refractivity contribution in [1.29, 1.82) is 0 Å². The van der Waals surface area contributed by atoms with Gasteiger partial charge >= 0.3 is 0 Å². The molecule has 1 N–H and O–H groups in total. The van der Waals surface area contributed by atoms with E-state index in [1.54, 1.807) is 0 Å². The summed E-state index contributed by atoms with van der Waals surface area (Å²) in [5.74, 6) is 1.11. The number of nitrogens with one attached hydrogen (secondary N) is 1. The molecule has 2 nitrogen and oxygen atoms in total. The van der Waals surface area contributed by atoms with E-state index in [1.165, 1.54) is 0 Å². The molecule has 84 valence electrons. The van der Waals surface area contributed by atoms with E-state index >= 15 is 0 Å². The Morgan fingerprint density at radius 3 is 2.00 bits per heavy atom. The molecule has 0 saturated heterocycles. The Morgan fingerprint density at radius 2 is 1.64 bits per heavy atom. The van der Waals surface area contributed by atoms with Gasteiger partial charge in [-0.2, -0.15) is 11.8 Å². The number of rotatable bonds is 3. The summed E-state index contributed by atoms with van der Waals surface area (Å²) in [5, 5.41) is 2.94. The maximum absolute atomic E-state index is 11.5. The molecule has 0 heterocycles. The quantitative estimate of drug-likeness (QED) is 0.736. The van der Waals surface area contributed by atoms with Crippen molar-refractivity contribution in [1.82, 2.24) is 5.32 Å². The Balaban J connectivity index is 3.62. The van der Waals surface area contributed by atoms with Crippen LogP contribution in [0.25, 0.3) is 0 Å². The maximum atomic E-state index is 11.5. The van der Waals surface area contributed by atoms with E-state index in [2.05, 4.69) is 26.1 Å². The van der Waals surface area contributed by atoms with Crippen LogP contribution in [0.4, 0.5) is 0 Å². The van der Waals surface area contributed by atoms with Crippen molar-refractivity contribution >= 4 is 17.7 Å². The van der Waals surface area contributed by atoms with Gasteiger partial charge in [-0.25, -0.2) is 0 Å². The van der Waals surface area contributed by atoms with Gasteiger partial charge in [0.1, 0.15) is 0 Å². The second-order valence-electron chi connectivity index (χ2n) is 5.47. The molecule has 3 heteroatoms. The summed E-state index contributed by atoms with van der Waals surface area (Å²) in [7, 11) is 0. The second-order valence-corrected chi connectivity index (χ2v) is 7.39. The zero-order valence-electron chi connectivity index (χ0n) is 10.2. The molecule has 0 radical (unpaired) electrons. The fourth-order valence-electron chi connectivity index (χ4n) is 0.787. The smallest absolute Gasteiger partial charge is 0.225 e. The average Bonchev–Trinajstić information content (AvgIpc) is 1.93. The van der Waals surface area contributed by atoms with Gasteiger partial charge in [0.25, 0.3) is 0 Å². The van der Waals surface area contributed by atoms with Crippen molar-refractivity contribution in [3.05, 3.63) is 0 Å². The standard InChI is InChI=1S/C11H23NOS/c1-10(2,3)9(13)12-7-8-14-11(4,5)6/h7-8H2,1-6H3,(H,12,13). The third kappa shape index (κ3) is 7.25. The first-order chi connectivity index (χ1) is 6.13. The van der Waals surface area contributed by atoms with Gasteiger partial charge in [0, 0.05) is 22.5 Å². The molecule has 0 aromatic rings. The topological polar surface area (TPSA) is 29.1 Å². The first-order valence-electron chi connectivity index (χ1n) is 5.05. The Hall–Kier alpha value is -0.180. The molecule has 0 bridgehead atoms. The van der Waals surface area contributed by atoms with Crippen LogP contribution in [-0.4, -0.2) is 23.0 Å². The maximum Gasteiger partial charge on any atom is 0.225 e. The van der Waals surface area contributed by atoms with E-state index in [9.17, 15) is 4.79 Å². The highest BCUT2D eigenvalue weighted by atomic mass is 32.2. The number of hydrogen-bond acceptors (Lipinski definition) is 2. The minimum Gasteiger partial charge on any atom is -0.355 e. The van der Waals surface area contributed by atoms with E-state index < -0.39 is 0 Å². The van der Waals surface area contributed by atoms with Crippen molar-refractivity contribution in [3.8, 4) is 0 Å². The Kier molecular flexibility index (Phi) is 4.99. The van der Waals surface area contributed by atoms with E-state index in [4.69, 9.17) is 0 Å². The molecule has 0 atom stereocenters. The lowest BCUT2D eigenvalue weighted by Crippen LogP contribution is -2.36. The summed E-state index contributed by atoms with van der Waals surface area (Å²) < 4.78 is 0.284. The molecule has 0 spiro atoms.